The summed E-state index contributed by atoms with van der Waals surface area (Å²) in [5.74, 6) is -2.47. The van der Waals surface area contributed by atoms with Gasteiger partial charge in [0.2, 0.25) is 5.91 Å². The Morgan fingerprint density at radius 1 is 1.21 bits per heavy atom. The van der Waals surface area contributed by atoms with Gasteiger partial charge >= 0.3 is 12.1 Å². The second-order valence-electron chi connectivity index (χ2n) is 6.55. The summed E-state index contributed by atoms with van der Waals surface area (Å²) >= 11 is 1.52. The molecule has 0 aliphatic carbocycles. The number of likely N-dealkylation sites (tertiary alicyclic amines) is 1. The van der Waals surface area contributed by atoms with Crippen LogP contribution in [0.2, 0.25) is 0 Å². The number of carboxylic acids is 1. The topological polar surface area (TPSA) is 90.8 Å². The quantitative estimate of drug-likeness (QED) is 0.796. The molecule has 0 saturated carbocycles. The van der Waals surface area contributed by atoms with Crippen molar-refractivity contribution in [3.05, 3.63) is 46.9 Å². The van der Waals surface area contributed by atoms with Gasteiger partial charge in [-0.15, -0.1) is 0 Å². The van der Waals surface area contributed by atoms with E-state index in [2.05, 4.69) is 4.98 Å². The third kappa shape index (κ3) is 4.56. The molecule has 0 spiro atoms. The first-order chi connectivity index (χ1) is 13.7. The van der Waals surface area contributed by atoms with Crippen LogP contribution < -0.4 is 4.90 Å². The van der Waals surface area contributed by atoms with E-state index in [-0.39, 0.29) is 23.7 Å². The number of alkyl halides is 3. The number of thiophene rings is 1. The number of carbonyl (C=O) groups excluding carboxylic acids is 2. The number of pyridine rings is 1. The number of anilines is 1. The summed E-state index contributed by atoms with van der Waals surface area (Å²) in [5, 5.41) is 10.9. The lowest BCUT2D eigenvalue weighted by Gasteiger charge is -2.21. The van der Waals surface area contributed by atoms with Crippen molar-refractivity contribution >= 4 is 34.8 Å². The number of carboxylic acid groups (broad SMARTS) is 1. The van der Waals surface area contributed by atoms with Gasteiger partial charge in [-0.3, -0.25) is 14.6 Å². The summed E-state index contributed by atoms with van der Waals surface area (Å²) in [4.78, 5) is 41.6. The molecule has 0 radical (unpaired) electrons. The molecule has 2 saturated heterocycles. The lowest BCUT2D eigenvalue weighted by Crippen LogP contribution is -2.35. The summed E-state index contributed by atoms with van der Waals surface area (Å²) in [6, 6.07) is 5.58. The van der Waals surface area contributed by atoms with E-state index in [9.17, 15) is 22.8 Å². The van der Waals surface area contributed by atoms with Gasteiger partial charge in [0.05, 0.1) is 23.4 Å². The summed E-state index contributed by atoms with van der Waals surface area (Å²) in [6.45, 7) is 1.85. The van der Waals surface area contributed by atoms with Crippen LogP contribution in [-0.4, -0.2) is 58.6 Å². The van der Waals surface area contributed by atoms with E-state index in [0.29, 0.717) is 19.6 Å². The average Bonchev–Trinajstić information content (AvgIpc) is 3.40. The molecular weight excluding hydrogens is 411 g/mol. The normalized spacial score (nSPS) is 20.9. The minimum atomic E-state index is -5.08. The van der Waals surface area contributed by atoms with Crippen molar-refractivity contribution in [2.24, 2.45) is 11.8 Å². The zero-order valence-corrected chi connectivity index (χ0v) is 15.7. The number of fused-ring (bicyclic) bond motifs is 1. The minimum absolute atomic E-state index is 0.0383. The highest BCUT2D eigenvalue weighted by molar-refractivity contribution is 7.08. The van der Waals surface area contributed by atoms with Crippen molar-refractivity contribution in [2.75, 3.05) is 24.5 Å². The Morgan fingerprint density at radius 3 is 2.45 bits per heavy atom. The van der Waals surface area contributed by atoms with E-state index in [1.165, 1.54) is 11.3 Å². The molecule has 2 aliphatic heterocycles. The fraction of sp³-hybridized carbons (Fsp3) is 0.333. The maximum absolute atomic E-state index is 12.6. The zero-order chi connectivity index (χ0) is 21.2. The van der Waals surface area contributed by atoms with Crippen molar-refractivity contribution in [1.82, 2.24) is 9.88 Å². The Morgan fingerprint density at radius 2 is 1.93 bits per heavy atom. The number of amides is 2. The van der Waals surface area contributed by atoms with Crippen LogP contribution in [0.1, 0.15) is 10.4 Å². The SMILES string of the molecule is O=C(O)C(F)(F)F.O=C(c1ccsc1)N1C[C@H]2CN(c3cccnc3)C(=O)[C@H]2C1. The van der Waals surface area contributed by atoms with E-state index in [1.807, 2.05) is 33.9 Å². The molecule has 0 unspecified atom stereocenters. The molecule has 2 aromatic heterocycles. The molecule has 1 N–H and O–H groups in total. The van der Waals surface area contributed by atoms with E-state index in [0.717, 1.165) is 11.3 Å². The Hall–Kier alpha value is -2.95. The highest BCUT2D eigenvalue weighted by Crippen LogP contribution is 2.35. The van der Waals surface area contributed by atoms with Gasteiger partial charge in [-0.1, -0.05) is 0 Å². The van der Waals surface area contributed by atoms with Crippen molar-refractivity contribution in [3.8, 4) is 0 Å². The third-order valence-corrected chi connectivity index (χ3v) is 5.38. The van der Waals surface area contributed by atoms with Gasteiger partial charge in [0.1, 0.15) is 0 Å². The fourth-order valence-electron chi connectivity index (χ4n) is 3.34. The lowest BCUT2D eigenvalue weighted by atomic mass is 10.0. The molecule has 11 heteroatoms. The Kier molecular flexibility index (Phi) is 5.87. The molecule has 2 amide bonds. The fourth-order valence-corrected chi connectivity index (χ4v) is 3.97. The van der Waals surface area contributed by atoms with Gasteiger partial charge in [0.25, 0.3) is 5.91 Å². The maximum Gasteiger partial charge on any atom is 0.490 e. The molecule has 0 aromatic carbocycles. The highest BCUT2D eigenvalue weighted by Gasteiger charge is 2.47. The predicted molar refractivity (Wildman–Crippen MR) is 97.5 cm³/mol. The van der Waals surface area contributed by atoms with Crippen molar-refractivity contribution in [2.45, 2.75) is 6.18 Å². The number of aromatic nitrogens is 1. The first kappa shape index (κ1) is 20.8. The highest BCUT2D eigenvalue weighted by atomic mass is 32.1. The average molecular weight is 427 g/mol. The summed E-state index contributed by atoms with van der Waals surface area (Å²) in [5.41, 5.74) is 1.57. The molecule has 2 aliphatic rings. The Labute approximate surface area is 167 Å². The summed E-state index contributed by atoms with van der Waals surface area (Å²) in [6.07, 6.45) is -1.67. The monoisotopic (exact) mass is 427 g/mol. The van der Waals surface area contributed by atoms with Crippen LogP contribution in [0.4, 0.5) is 18.9 Å². The first-order valence-corrected chi connectivity index (χ1v) is 9.45. The smallest absolute Gasteiger partial charge is 0.475 e. The molecule has 4 heterocycles. The number of halogens is 3. The van der Waals surface area contributed by atoms with Gasteiger partial charge in [-0.25, -0.2) is 4.79 Å². The standard InChI is InChI=1S/C16H15N3O2S.C2HF3O2/c20-15(11-3-5-22-10-11)18-7-12-8-19(16(21)14(12)9-18)13-2-1-4-17-6-13;3-2(4,5)1(6)7/h1-6,10,12,14H,7-9H2;(H,6,7)/t12-,14-;/m0./s1. The number of carbonyl (C=O) groups is 3. The molecule has 7 nitrogen and oxygen atoms in total. The molecule has 2 atom stereocenters. The number of hydrogen-bond acceptors (Lipinski definition) is 5. The van der Waals surface area contributed by atoms with Crippen molar-refractivity contribution in [1.29, 1.82) is 0 Å². The van der Waals surface area contributed by atoms with E-state index < -0.39 is 12.1 Å². The van der Waals surface area contributed by atoms with Crippen LogP contribution in [0, 0.1) is 11.8 Å². The number of hydrogen-bond donors (Lipinski definition) is 1. The van der Waals surface area contributed by atoms with Crippen LogP contribution >= 0.6 is 11.3 Å². The molecule has 154 valence electrons. The lowest BCUT2D eigenvalue weighted by molar-refractivity contribution is -0.192. The molecule has 29 heavy (non-hydrogen) atoms. The van der Waals surface area contributed by atoms with Crippen LogP contribution in [0.15, 0.2) is 41.4 Å². The summed E-state index contributed by atoms with van der Waals surface area (Å²) in [7, 11) is 0. The second-order valence-corrected chi connectivity index (χ2v) is 7.33. The van der Waals surface area contributed by atoms with Crippen LogP contribution in [-0.2, 0) is 9.59 Å². The first-order valence-electron chi connectivity index (χ1n) is 8.51. The zero-order valence-electron chi connectivity index (χ0n) is 14.9. The van der Waals surface area contributed by atoms with Crippen LogP contribution in [0.3, 0.4) is 0 Å². The van der Waals surface area contributed by atoms with Crippen LogP contribution in [0.5, 0.6) is 0 Å². The van der Waals surface area contributed by atoms with Crippen molar-refractivity contribution < 1.29 is 32.7 Å². The third-order valence-electron chi connectivity index (χ3n) is 4.70. The Balaban J connectivity index is 0.000000298. The molecule has 0 bridgehead atoms. The van der Waals surface area contributed by atoms with Gasteiger partial charge < -0.3 is 14.9 Å². The maximum atomic E-state index is 12.6. The van der Waals surface area contributed by atoms with Crippen molar-refractivity contribution in [3.63, 3.8) is 0 Å². The Bertz CT molecular complexity index is 890. The second kappa shape index (κ2) is 8.19. The van der Waals surface area contributed by atoms with E-state index in [1.54, 1.807) is 17.3 Å². The number of nitrogens with zero attached hydrogens (tertiary/aromatic N) is 3. The number of aliphatic carboxylic acids is 1. The predicted octanol–water partition coefficient (Wildman–Crippen LogP) is 2.51. The van der Waals surface area contributed by atoms with Gasteiger partial charge in [0.15, 0.2) is 0 Å². The minimum Gasteiger partial charge on any atom is -0.475 e. The largest absolute Gasteiger partial charge is 0.490 e. The number of rotatable bonds is 2. The van der Waals surface area contributed by atoms with E-state index >= 15 is 0 Å². The molecule has 2 fully saturated rings. The van der Waals surface area contributed by atoms with Gasteiger partial charge in [0, 0.05) is 37.1 Å². The molecule has 4 rings (SSSR count). The molecular formula is C18H16F3N3O4S. The van der Waals surface area contributed by atoms with Gasteiger partial charge in [-0.05, 0) is 23.6 Å². The van der Waals surface area contributed by atoms with E-state index in [4.69, 9.17) is 9.90 Å². The van der Waals surface area contributed by atoms with Gasteiger partial charge in [-0.2, -0.15) is 24.5 Å². The summed E-state index contributed by atoms with van der Waals surface area (Å²) < 4.78 is 31.7. The molecule has 2 aromatic rings. The van der Waals surface area contributed by atoms with Crippen LogP contribution in [0.25, 0.3) is 0 Å².